The first-order chi connectivity index (χ1) is 7.72. The maximum Gasteiger partial charge on any atom is 0.0459 e. The van der Waals surface area contributed by atoms with Gasteiger partial charge in [-0.05, 0) is 57.1 Å². The molecule has 0 aliphatic carbocycles. The summed E-state index contributed by atoms with van der Waals surface area (Å²) in [4.78, 5) is 3.46. The lowest BCUT2D eigenvalue weighted by atomic mass is 10.1. The van der Waals surface area contributed by atoms with Gasteiger partial charge in [0.1, 0.15) is 0 Å². The summed E-state index contributed by atoms with van der Waals surface area (Å²) in [5, 5.41) is 5.21. The number of hydrogen-bond donors (Lipinski definition) is 2. The molecule has 1 aromatic heterocycles. The third-order valence-electron chi connectivity index (χ3n) is 2.98. The first kappa shape index (κ1) is 11.5. The van der Waals surface area contributed by atoms with Gasteiger partial charge in [-0.25, -0.2) is 0 Å². The van der Waals surface area contributed by atoms with Crippen LogP contribution in [0.25, 0.3) is 10.9 Å². The minimum absolute atomic E-state index is 0.802. The van der Waals surface area contributed by atoms with Gasteiger partial charge in [0.15, 0.2) is 0 Å². The molecule has 0 saturated heterocycles. The number of aromatic amines is 1. The Balaban J connectivity index is 2.29. The van der Waals surface area contributed by atoms with E-state index in [4.69, 9.17) is 11.6 Å². The lowest BCUT2D eigenvalue weighted by Crippen LogP contribution is -2.08. The molecule has 0 spiro atoms. The van der Waals surface area contributed by atoms with E-state index in [2.05, 4.69) is 17.2 Å². The van der Waals surface area contributed by atoms with Crippen LogP contribution in [-0.2, 0) is 6.42 Å². The Kier molecular flexibility index (Phi) is 3.52. The van der Waals surface area contributed by atoms with Crippen LogP contribution in [0.1, 0.15) is 17.7 Å². The maximum atomic E-state index is 6.00. The number of aromatic nitrogens is 1. The lowest BCUT2D eigenvalue weighted by molar-refractivity contribution is 0.716. The van der Waals surface area contributed by atoms with E-state index in [1.54, 1.807) is 0 Å². The zero-order valence-corrected chi connectivity index (χ0v) is 10.5. The summed E-state index contributed by atoms with van der Waals surface area (Å²) in [7, 11) is 1.98. The van der Waals surface area contributed by atoms with Gasteiger partial charge in [-0.3, -0.25) is 0 Å². The van der Waals surface area contributed by atoms with Gasteiger partial charge in [0.25, 0.3) is 0 Å². The number of rotatable bonds is 4. The largest absolute Gasteiger partial charge is 0.358 e. The topological polar surface area (TPSA) is 27.8 Å². The van der Waals surface area contributed by atoms with Crippen molar-refractivity contribution in [1.82, 2.24) is 10.3 Å². The molecule has 86 valence electrons. The van der Waals surface area contributed by atoms with Gasteiger partial charge in [-0.1, -0.05) is 11.6 Å². The summed E-state index contributed by atoms with van der Waals surface area (Å²) < 4.78 is 0. The van der Waals surface area contributed by atoms with E-state index >= 15 is 0 Å². The molecule has 0 bridgehead atoms. The number of aryl methyl sites for hydroxylation is 2. The molecule has 0 amide bonds. The fourth-order valence-corrected chi connectivity index (χ4v) is 2.22. The first-order valence-corrected chi connectivity index (χ1v) is 6.01. The molecule has 2 rings (SSSR count). The van der Waals surface area contributed by atoms with Gasteiger partial charge in [0.2, 0.25) is 0 Å². The minimum atomic E-state index is 0.802. The first-order valence-electron chi connectivity index (χ1n) is 5.63. The summed E-state index contributed by atoms with van der Waals surface area (Å²) in [6.07, 6.45) is 2.23. The summed E-state index contributed by atoms with van der Waals surface area (Å²) >= 11 is 6.00. The molecule has 0 unspecified atom stereocenters. The standard InChI is InChI=1S/C13H17ClN2/c1-9-11-8-10(14)5-6-13(11)16-12(9)4-3-7-15-2/h5-6,8,15-16H,3-4,7H2,1-2H3. The van der Waals surface area contributed by atoms with E-state index in [-0.39, 0.29) is 0 Å². The quantitative estimate of drug-likeness (QED) is 0.784. The van der Waals surface area contributed by atoms with E-state index in [0.717, 1.165) is 24.4 Å². The van der Waals surface area contributed by atoms with Gasteiger partial charge < -0.3 is 10.3 Å². The van der Waals surface area contributed by atoms with Crippen molar-refractivity contribution in [1.29, 1.82) is 0 Å². The number of benzene rings is 1. The van der Waals surface area contributed by atoms with Crippen molar-refractivity contribution >= 4 is 22.5 Å². The zero-order valence-electron chi connectivity index (χ0n) is 9.73. The number of halogens is 1. The number of hydrogen-bond acceptors (Lipinski definition) is 1. The lowest BCUT2D eigenvalue weighted by Gasteiger charge is -1.99. The molecule has 0 fully saturated rings. The average Bonchev–Trinajstić information content (AvgIpc) is 2.57. The molecule has 2 N–H and O–H groups in total. The zero-order chi connectivity index (χ0) is 11.5. The fraction of sp³-hybridized carbons (Fsp3) is 0.385. The molecule has 2 aromatic rings. The van der Waals surface area contributed by atoms with E-state index < -0.39 is 0 Å². The molecule has 0 aliphatic rings. The molecule has 1 aromatic carbocycles. The van der Waals surface area contributed by atoms with Gasteiger partial charge >= 0.3 is 0 Å². The monoisotopic (exact) mass is 236 g/mol. The van der Waals surface area contributed by atoms with Crippen molar-refractivity contribution in [2.75, 3.05) is 13.6 Å². The third kappa shape index (κ3) is 2.23. The highest BCUT2D eigenvalue weighted by molar-refractivity contribution is 6.31. The smallest absolute Gasteiger partial charge is 0.0459 e. The Morgan fingerprint density at radius 3 is 2.94 bits per heavy atom. The van der Waals surface area contributed by atoms with Crippen LogP contribution in [0.4, 0.5) is 0 Å². The molecule has 0 aliphatic heterocycles. The predicted octanol–water partition coefficient (Wildman–Crippen LogP) is 3.28. The van der Waals surface area contributed by atoms with Crippen LogP contribution >= 0.6 is 11.6 Å². The summed E-state index contributed by atoms with van der Waals surface area (Å²) in [5.74, 6) is 0. The minimum Gasteiger partial charge on any atom is -0.358 e. The Morgan fingerprint density at radius 2 is 2.19 bits per heavy atom. The van der Waals surface area contributed by atoms with Crippen molar-refractivity contribution in [3.63, 3.8) is 0 Å². The predicted molar refractivity (Wildman–Crippen MR) is 70.3 cm³/mol. The van der Waals surface area contributed by atoms with Gasteiger partial charge in [0, 0.05) is 21.6 Å². The van der Waals surface area contributed by atoms with Crippen molar-refractivity contribution in [3.8, 4) is 0 Å². The average molecular weight is 237 g/mol. The van der Waals surface area contributed by atoms with Crippen LogP contribution in [-0.4, -0.2) is 18.6 Å². The van der Waals surface area contributed by atoms with Gasteiger partial charge in [-0.15, -0.1) is 0 Å². The Hall–Kier alpha value is -0.990. The second-order valence-corrected chi connectivity index (χ2v) is 4.56. The number of fused-ring (bicyclic) bond motifs is 1. The maximum absolute atomic E-state index is 6.00. The van der Waals surface area contributed by atoms with E-state index in [9.17, 15) is 0 Å². The molecule has 3 heteroatoms. The van der Waals surface area contributed by atoms with E-state index in [1.165, 1.54) is 22.2 Å². The normalized spacial score (nSPS) is 11.2. The van der Waals surface area contributed by atoms with Crippen LogP contribution in [0.2, 0.25) is 5.02 Å². The van der Waals surface area contributed by atoms with Gasteiger partial charge in [-0.2, -0.15) is 0 Å². The number of nitrogens with one attached hydrogen (secondary N) is 2. The fourth-order valence-electron chi connectivity index (χ4n) is 2.05. The van der Waals surface area contributed by atoms with Gasteiger partial charge in [0.05, 0.1) is 0 Å². The van der Waals surface area contributed by atoms with E-state index in [1.807, 2.05) is 25.2 Å². The van der Waals surface area contributed by atoms with Crippen LogP contribution in [0.5, 0.6) is 0 Å². The molecule has 0 saturated carbocycles. The van der Waals surface area contributed by atoms with Crippen LogP contribution in [0.3, 0.4) is 0 Å². The highest BCUT2D eigenvalue weighted by atomic mass is 35.5. The summed E-state index contributed by atoms with van der Waals surface area (Å²) in [6, 6.07) is 6.01. The Labute approximate surface area is 101 Å². The molecule has 1 heterocycles. The van der Waals surface area contributed by atoms with Crippen LogP contribution < -0.4 is 5.32 Å². The van der Waals surface area contributed by atoms with Crippen molar-refractivity contribution in [2.24, 2.45) is 0 Å². The third-order valence-corrected chi connectivity index (χ3v) is 3.21. The van der Waals surface area contributed by atoms with Crippen molar-refractivity contribution in [3.05, 3.63) is 34.5 Å². The second kappa shape index (κ2) is 4.89. The van der Waals surface area contributed by atoms with E-state index in [0.29, 0.717) is 0 Å². The van der Waals surface area contributed by atoms with Crippen molar-refractivity contribution < 1.29 is 0 Å². The molecule has 0 radical (unpaired) electrons. The Morgan fingerprint density at radius 1 is 1.38 bits per heavy atom. The van der Waals surface area contributed by atoms with Crippen molar-refractivity contribution in [2.45, 2.75) is 19.8 Å². The molecule has 0 atom stereocenters. The summed E-state index contributed by atoms with van der Waals surface area (Å²) in [6.45, 7) is 3.21. The number of H-pyrrole nitrogens is 1. The SMILES string of the molecule is CNCCCc1[nH]c2ccc(Cl)cc2c1C. The molecular weight excluding hydrogens is 220 g/mol. The Bertz CT molecular complexity index is 488. The highest BCUT2D eigenvalue weighted by Crippen LogP contribution is 2.25. The molecule has 2 nitrogen and oxygen atoms in total. The van der Waals surface area contributed by atoms with Crippen LogP contribution in [0, 0.1) is 6.92 Å². The van der Waals surface area contributed by atoms with Crippen LogP contribution in [0.15, 0.2) is 18.2 Å². The molecule has 16 heavy (non-hydrogen) atoms. The molecular formula is C13H17ClN2. The highest BCUT2D eigenvalue weighted by Gasteiger charge is 2.07. The summed E-state index contributed by atoms with van der Waals surface area (Å²) in [5.41, 5.74) is 3.84. The second-order valence-electron chi connectivity index (χ2n) is 4.13.